The van der Waals surface area contributed by atoms with Crippen molar-refractivity contribution in [2.24, 2.45) is 0 Å². The molecule has 0 fully saturated rings. The normalized spacial score (nSPS) is 11.5. The maximum absolute atomic E-state index is 10.2. The lowest BCUT2D eigenvalue weighted by molar-refractivity contribution is 1.05. The predicted octanol–water partition coefficient (Wildman–Crippen LogP) is 28.3. The van der Waals surface area contributed by atoms with Crippen LogP contribution in [0.1, 0.15) is 50.1 Å². The van der Waals surface area contributed by atoms with Crippen LogP contribution in [0.25, 0.3) is 199 Å². The van der Waals surface area contributed by atoms with Crippen LogP contribution < -0.4 is 0 Å². The number of fused-ring (bicyclic) bond motifs is 18. The van der Waals surface area contributed by atoms with Gasteiger partial charge in [0.25, 0.3) is 0 Å². The molecular weight excluding hydrogens is 1540 g/mol. The summed E-state index contributed by atoms with van der Waals surface area (Å²) in [5, 5.41) is 43.8. The van der Waals surface area contributed by atoms with Crippen LogP contribution in [0.5, 0.6) is 0 Å². The minimum absolute atomic E-state index is 0.627. The quantitative estimate of drug-likeness (QED) is 0.141. The number of para-hydroxylation sites is 6. The first-order chi connectivity index (χ1) is 61.8. The van der Waals surface area contributed by atoms with Crippen molar-refractivity contribution < 1.29 is 0 Å². The molecule has 0 N–H and O–H groups in total. The highest BCUT2D eigenvalue weighted by Gasteiger charge is 2.26. The van der Waals surface area contributed by atoms with Crippen molar-refractivity contribution >= 4 is 131 Å². The molecule has 0 aliphatic heterocycles. The van der Waals surface area contributed by atoms with E-state index in [4.69, 9.17) is 15.0 Å². The van der Waals surface area contributed by atoms with Crippen molar-refractivity contribution in [1.82, 2.24) is 42.4 Å². The average Bonchev–Trinajstić information content (AvgIpc) is 1.58. The lowest BCUT2D eigenvalue weighted by Crippen LogP contribution is -2.04. The second-order valence-corrected chi connectivity index (χ2v) is 33.0. The van der Waals surface area contributed by atoms with Gasteiger partial charge < -0.3 is 13.7 Å². The Labute approximate surface area is 726 Å². The largest absolute Gasteiger partial charge is 0.307 e. The van der Waals surface area contributed by atoms with Crippen molar-refractivity contribution in [2.75, 3.05) is 0 Å². The Kier molecular flexibility index (Phi) is 18.1. The van der Waals surface area contributed by atoms with E-state index >= 15 is 0 Å². The molecule has 0 atom stereocenters. The van der Waals surface area contributed by atoms with E-state index in [-0.39, 0.29) is 0 Å². The van der Waals surface area contributed by atoms with Gasteiger partial charge in [-0.05, 0) is 207 Å². The lowest BCUT2D eigenvalue weighted by Gasteiger charge is -2.17. The SMILES string of the molecule is Cc1ccc2c3ccccc3n(-c3cc(-c4ccc(C#N)cc4)c(-n4c5ccccc5c5ccc(C)cc54)cn3)c2c1.Cc1ccc2c3ccccc3n(-c3cc(-c4cccc(C#N)c4)c(-n4c5ccccc5c5ccc(C)cc54)cn3)c2c1.Cc1ccc2c3ccccc3n(-c3cc(-c4ccccc4C#N)c(-n4c5ccccc5c5ccc(C)cc54)cn3)c2c1. The summed E-state index contributed by atoms with van der Waals surface area (Å²) >= 11 is 0. The Morgan fingerprint density at radius 3 is 0.810 bits per heavy atom. The Hall–Kier alpha value is -17.0. The van der Waals surface area contributed by atoms with E-state index in [1.54, 1.807) is 0 Å². The summed E-state index contributed by atoms with van der Waals surface area (Å²) in [5.41, 5.74) is 31.4. The zero-order valence-electron chi connectivity index (χ0n) is 70.0. The molecule has 0 unspecified atom stereocenters. The zero-order chi connectivity index (χ0) is 85.1. The number of hydrogen-bond acceptors (Lipinski definition) is 6. The summed E-state index contributed by atoms with van der Waals surface area (Å²) in [7, 11) is 0. The first-order valence-electron chi connectivity index (χ1n) is 42.4. The molecule has 15 aromatic carbocycles. The van der Waals surface area contributed by atoms with Gasteiger partial charge in [0.1, 0.15) is 17.5 Å². The van der Waals surface area contributed by atoms with E-state index in [9.17, 15) is 15.8 Å². The van der Waals surface area contributed by atoms with Gasteiger partial charge in [-0.25, -0.2) is 15.0 Å². The number of rotatable bonds is 9. The third-order valence-corrected chi connectivity index (χ3v) is 25.0. The van der Waals surface area contributed by atoms with Crippen molar-refractivity contribution in [2.45, 2.75) is 41.5 Å². The number of pyridine rings is 3. The molecule has 12 heteroatoms. The monoisotopic (exact) mass is 1610 g/mol. The van der Waals surface area contributed by atoms with Crippen LogP contribution in [0.4, 0.5) is 0 Å². The Morgan fingerprint density at radius 1 is 0.198 bits per heavy atom. The molecule has 24 rings (SSSR count). The molecule has 0 bridgehead atoms. The number of nitriles is 3. The Morgan fingerprint density at radius 2 is 0.476 bits per heavy atom. The van der Waals surface area contributed by atoms with Crippen molar-refractivity contribution in [1.29, 1.82) is 15.8 Å². The maximum Gasteiger partial charge on any atom is 0.138 e. The minimum atomic E-state index is 0.627. The summed E-state index contributed by atoms with van der Waals surface area (Å²) in [4.78, 5) is 15.4. The molecule has 9 heterocycles. The molecule has 0 radical (unpaired) electrons. The van der Waals surface area contributed by atoms with E-state index < -0.39 is 0 Å². The van der Waals surface area contributed by atoms with Gasteiger partial charge in [-0.2, -0.15) is 15.8 Å². The van der Waals surface area contributed by atoms with Gasteiger partial charge in [0, 0.05) is 86.9 Å². The number of benzene rings is 15. The van der Waals surface area contributed by atoms with Crippen LogP contribution in [0, 0.1) is 75.5 Å². The summed E-state index contributed by atoms with van der Waals surface area (Å²) in [5.74, 6) is 2.51. The Balaban J connectivity index is 0.000000112. The van der Waals surface area contributed by atoms with Crippen molar-refractivity contribution in [3.8, 4) is 86.1 Å². The second kappa shape index (κ2) is 30.3. The zero-order valence-corrected chi connectivity index (χ0v) is 70.0. The van der Waals surface area contributed by atoms with E-state index in [0.29, 0.717) is 16.7 Å². The number of nitrogens with zero attached hydrogens (tertiary/aromatic N) is 12. The van der Waals surface area contributed by atoms with Gasteiger partial charge in [-0.15, -0.1) is 0 Å². The van der Waals surface area contributed by atoms with Gasteiger partial charge in [0.2, 0.25) is 0 Å². The molecule has 0 spiro atoms. The van der Waals surface area contributed by atoms with E-state index in [1.165, 1.54) is 98.0 Å². The van der Waals surface area contributed by atoms with Gasteiger partial charge in [0.15, 0.2) is 0 Å². The topological polar surface area (TPSA) is 140 Å². The molecule has 0 saturated carbocycles. The van der Waals surface area contributed by atoms with Gasteiger partial charge in [-0.3, -0.25) is 13.7 Å². The highest BCUT2D eigenvalue weighted by atomic mass is 15.1. The smallest absolute Gasteiger partial charge is 0.138 e. The summed E-state index contributed by atoms with van der Waals surface area (Å²) in [6.45, 7) is 12.8. The Bertz CT molecular complexity index is 8790. The van der Waals surface area contributed by atoms with Gasteiger partial charge in [-0.1, -0.05) is 224 Å². The molecule has 0 amide bonds. The van der Waals surface area contributed by atoms with Crippen molar-refractivity contribution in [3.05, 3.63) is 414 Å². The predicted molar refractivity (Wildman–Crippen MR) is 518 cm³/mol. The molecule has 126 heavy (non-hydrogen) atoms. The summed E-state index contributed by atoms with van der Waals surface area (Å²) in [6, 6.07) is 128. The second-order valence-electron chi connectivity index (χ2n) is 33.0. The molecule has 9 aromatic heterocycles. The molecule has 0 saturated heterocycles. The minimum Gasteiger partial charge on any atom is -0.307 e. The van der Waals surface area contributed by atoms with Gasteiger partial charge in [0.05, 0.1) is 137 Å². The fourth-order valence-corrected chi connectivity index (χ4v) is 19.2. The third kappa shape index (κ3) is 12.4. The highest BCUT2D eigenvalue weighted by molar-refractivity contribution is 6.15. The van der Waals surface area contributed by atoms with Crippen LogP contribution in [0.2, 0.25) is 0 Å². The first kappa shape index (κ1) is 75.2. The van der Waals surface area contributed by atoms with Gasteiger partial charge >= 0.3 is 0 Å². The average molecular weight is 1620 g/mol. The molecule has 0 aliphatic carbocycles. The lowest BCUT2D eigenvalue weighted by atomic mass is 9.99. The fourth-order valence-electron chi connectivity index (χ4n) is 19.2. The maximum atomic E-state index is 10.2. The van der Waals surface area contributed by atoms with Crippen LogP contribution >= 0.6 is 0 Å². The van der Waals surface area contributed by atoms with E-state index in [0.717, 1.165) is 134 Å². The molecular formula is C114H78N12. The summed E-state index contributed by atoms with van der Waals surface area (Å²) in [6.07, 6.45) is 5.98. The molecule has 24 aromatic rings. The highest BCUT2D eigenvalue weighted by Crippen LogP contribution is 2.45. The number of hydrogen-bond donors (Lipinski definition) is 0. The van der Waals surface area contributed by atoms with E-state index in [2.05, 4.69) is 366 Å². The van der Waals surface area contributed by atoms with Crippen LogP contribution in [0.3, 0.4) is 0 Å². The fraction of sp³-hybridized carbons (Fsp3) is 0.0526. The van der Waals surface area contributed by atoms with Crippen LogP contribution in [-0.2, 0) is 0 Å². The molecule has 594 valence electrons. The third-order valence-electron chi connectivity index (χ3n) is 25.0. The first-order valence-corrected chi connectivity index (χ1v) is 42.4. The van der Waals surface area contributed by atoms with E-state index in [1.807, 2.05) is 85.3 Å². The number of aromatic nitrogens is 9. The van der Waals surface area contributed by atoms with Crippen LogP contribution in [0.15, 0.2) is 364 Å². The summed E-state index contributed by atoms with van der Waals surface area (Å²) < 4.78 is 13.7. The van der Waals surface area contributed by atoms with Crippen molar-refractivity contribution in [3.63, 3.8) is 0 Å². The van der Waals surface area contributed by atoms with Crippen LogP contribution in [-0.4, -0.2) is 42.4 Å². The standard InChI is InChI=1S/3C38H26N4/c1-24-14-16-30-28-10-3-5-12-33(28)41(35(30)18-24)37-23-40-38(21-32(37)27-9-7-8-26(20-27)22-39)42-34-13-6-4-11-29(34)31-17-15-25(2)19-36(31)42;1-24-11-17-30-28-7-3-5-9-33(28)41(35(30)19-24)37-23-40-38(21-32(37)27-15-13-26(22-39)14-16-27)42-34-10-6-4-8-29(34)31-18-12-25(2)20-36(31)42;1-24-15-17-30-28-11-5-7-13-33(28)41(35(30)19-24)37-23-40-38(21-32(37)27-10-4-3-9-26(27)22-39)42-34-14-8-6-12-29(34)31-18-16-25(2)20-36(31)42/h3*3-21,23H,1-2H3. The number of aryl methyl sites for hydroxylation is 6. The molecule has 12 nitrogen and oxygen atoms in total. The molecule has 0 aliphatic rings.